The molecule has 0 bridgehead atoms. The second kappa shape index (κ2) is 8.45. The van der Waals surface area contributed by atoms with Crippen molar-refractivity contribution < 1.29 is 0 Å². The van der Waals surface area contributed by atoms with Crippen LogP contribution in [0.5, 0.6) is 0 Å². The molecule has 0 fully saturated rings. The monoisotopic (exact) mass is 360 g/mol. The van der Waals surface area contributed by atoms with E-state index in [0.29, 0.717) is 0 Å². The molecule has 0 nitrogen and oxygen atoms in total. The van der Waals surface area contributed by atoms with Crippen molar-refractivity contribution in [3.8, 4) is 0 Å². The summed E-state index contributed by atoms with van der Waals surface area (Å²) in [4.78, 5) is 0. The Balaban J connectivity index is 0.000000241. The molecule has 2 rings (SSSR count). The first-order valence-corrected chi connectivity index (χ1v) is 19.3. The fourth-order valence-electron chi connectivity index (χ4n) is 2.50. The maximum absolute atomic E-state index is 2.47. The lowest BCUT2D eigenvalue weighted by molar-refractivity contribution is 1.27. The lowest BCUT2D eigenvalue weighted by atomic mass is 10.1. The zero-order chi connectivity index (χ0) is 17.7. The highest BCUT2D eigenvalue weighted by molar-refractivity contribution is 6.81. The van der Waals surface area contributed by atoms with E-state index in [-0.39, 0.29) is 0 Å². The molecule has 0 saturated heterocycles. The van der Waals surface area contributed by atoms with Crippen molar-refractivity contribution in [2.45, 2.75) is 64.5 Å². The Kier molecular flexibility index (Phi) is 7.49. The van der Waals surface area contributed by atoms with Crippen LogP contribution in [0.2, 0.25) is 64.5 Å². The molecule has 0 heterocycles. The number of hydrogen-bond donors (Lipinski definition) is 0. The van der Waals surface area contributed by atoms with E-state index >= 15 is 0 Å². The van der Waals surface area contributed by atoms with Gasteiger partial charge in [0.15, 0.2) is 0 Å². The number of benzene rings is 2. The molecule has 0 spiro atoms. The summed E-state index contributed by atoms with van der Waals surface area (Å²) in [6.07, 6.45) is 0. The molecule has 0 aromatic heterocycles. The molecular formula is C20H36Si3. The smallest absolute Gasteiger partial charge is 0.0655 e. The van der Waals surface area contributed by atoms with E-state index in [9.17, 15) is 0 Å². The van der Waals surface area contributed by atoms with Crippen molar-refractivity contribution in [1.29, 1.82) is 0 Å². The average Bonchev–Trinajstić information content (AvgIpc) is 2.44. The highest BCUT2D eigenvalue weighted by Crippen LogP contribution is 2.19. The molecule has 0 saturated carbocycles. The molecular weight excluding hydrogens is 324 g/mol. The summed E-state index contributed by atoms with van der Waals surface area (Å²) in [6.45, 7) is 19.5. The summed E-state index contributed by atoms with van der Waals surface area (Å²) < 4.78 is 0. The molecule has 3 heteroatoms. The van der Waals surface area contributed by atoms with Gasteiger partial charge in [-0.2, -0.15) is 0 Å². The molecule has 0 amide bonds. The Bertz CT molecular complexity index is 585. The quantitative estimate of drug-likeness (QED) is 0.570. The first kappa shape index (κ1) is 20.4. The molecule has 0 atom stereocenters. The van der Waals surface area contributed by atoms with Crippen molar-refractivity contribution >= 4 is 40.9 Å². The Labute approximate surface area is 148 Å². The number of fused-ring (bicyclic) bond motifs is 1. The second-order valence-electron chi connectivity index (χ2n) is 9.34. The van der Waals surface area contributed by atoms with Crippen LogP contribution in [0.4, 0.5) is 0 Å². The van der Waals surface area contributed by atoms with Gasteiger partial charge in [-0.05, 0) is 10.8 Å². The normalized spacial score (nSPS) is 12.2. The van der Waals surface area contributed by atoms with Crippen LogP contribution in [0.25, 0.3) is 10.8 Å². The standard InChI is InChI=1S/C12H14Si.C8H22Si2/c1-13(2)12-9-5-7-10-6-3-4-8-11(10)12;1-9(2,3)7-8-10(4,5)6/h3-9,13H,1-2H3;7-8H2,1-6H3. The summed E-state index contributed by atoms with van der Waals surface area (Å²) in [7, 11) is -2.14. The van der Waals surface area contributed by atoms with Crippen molar-refractivity contribution in [2.75, 3.05) is 0 Å². The largest absolute Gasteiger partial charge is 0.0696 e. The molecule has 0 aliphatic carbocycles. The predicted octanol–water partition coefficient (Wildman–Crippen LogP) is 6.20. The van der Waals surface area contributed by atoms with Gasteiger partial charge in [-0.15, -0.1) is 0 Å². The summed E-state index contributed by atoms with van der Waals surface area (Å²) in [6, 6.07) is 18.4. The SMILES string of the molecule is C[SiH](C)c1cccc2ccccc12.C[Si](C)(C)CC[Si](C)(C)C. The van der Waals surface area contributed by atoms with Gasteiger partial charge in [-0.25, -0.2) is 0 Å². The molecule has 0 radical (unpaired) electrons. The van der Waals surface area contributed by atoms with Crippen LogP contribution in [0.1, 0.15) is 0 Å². The van der Waals surface area contributed by atoms with Gasteiger partial charge < -0.3 is 0 Å². The van der Waals surface area contributed by atoms with Gasteiger partial charge >= 0.3 is 0 Å². The van der Waals surface area contributed by atoms with Crippen LogP contribution in [0.15, 0.2) is 42.5 Å². The minimum Gasteiger partial charge on any atom is -0.0696 e. The first-order chi connectivity index (χ1) is 10.5. The zero-order valence-electron chi connectivity index (χ0n) is 16.5. The average molecular weight is 361 g/mol. The van der Waals surface area contributed by atoms with Gasteiger partial charge in [-0.1, -0.05) is 112 Å². The number of rotatable bonds is 4. The predicted molar refractivity (Wildman–Crippen MR) is 119 cm³/mol. The van der Waals surface area contributed by atoms with Crippen LogP contribution >= 0.6 is 0 Å². The van der Waals surface area contributed by atoms with E-state index in [4.69, 9.17) is 0 Å². The van der Waals surface area contributed by atoms with Gasteiger partial charge in [0.2, 0.25) is 0 Å². The van der Waals surface area contributed by atoms with Crippen LogP contribution in [0.3, 0.4) is 0 Å². The maximum atomic E-state index is 2.47. The van der Waals surface area contributed by atoms with E-state index in [1.165, 1.54) is 22.9 Å². The summed E-state index contributed by atoms with van der Waals surface area (Å²) >= 11 is 0. The molecule has 0 unspecified atom stereocenters. The second-order valence-corrected chi connectivity index (χ2v) is 23.5. The van der Waals surface area contributed by atoms with Crippen molar-refractivity contribution in [3.63, 3.8) is 0 Å². The Morgan fingerprint density at radius 3 is 1.65 bits per heavy atom. The van der Waals surface area contributed by atoms with Gasteiger partial charge in [0.1, 0.15) is 0 Å². The van der Waals surface area contributed by atoms with Gasteiger partial charge in [0.25, 0.3) is 0 Å². The molecule has 0 aliphatic rings. The Morgan fingerprint density at radius 1 is 0.696 bits per heavy atom. The van der Waals surface area contributed by atoms with Gasteiger partial charge in [0.05, 0.1) is 8.80 Å². The van der Waals surface area contributed by atoms with Crippen LogP contribution in [0, 0.1) is 0 Å². The molecule has 0 N–H and O–H groups in total. The topological polar surface area (TPSA) is 0 Å². The van der Waals surface area contributed by atoms with Crippen LogP contribution in [-0.4, -0.2) is 24.9 Å². The fraction of sp³-hybridized carbons (Fsp3) is 0.500. The van der Waals surface area contributed by atoms with Gasteiger partial charge in [-0.3, -0.25) is 0 Å². The maximum Gasteiger partial charge on any atom is 0.0655 e. The first-order valence-electron chi connectivity index (χ1n) is 8.97. The van der Waals surface area contributed by atoms with Crippen LogP contribution in [-0.2, 0) is 0 Å². The van der Waals surface area contributed by atoms with Crippen LogP contribution < -0.4 is 5.19 Å². The van der Waals surface area contributed by atoms with E-state index < -0.39 is 24.9 Å². The van der Waals surface area contributed by atoms with E-state index in [1.807, 2.05) is 0 Å². The van der Waals surface area contributed by atoms with Crippen molar-refractivity contribution in [1.82, 2.24) is 0 Å². The third-order valence-corrected chi connectivity index (χ3v) is 9.82. The van der Waals surface area contributed by atoms with Crippen molar-refractivity contribution in [3.05, 3.63) is 42.5 Å². The van der Waals surface area contributed by atoms with E-state index in [1.54, 1.807) is 5.19 Å². The fourth-order valence-corrected chi connectivity index (χ4v) is 9.88. The third kappa shape index (κ3) is 8.13. The summed E-state index contributed by atoms with van der Waals surface area (Å²) in [5.74, 6) is 0. The third-order valence-electron chi connectivity index (χ3n) is 4.07. The minimum absolute atomic E-state index is 0.679. The zero-order valence-corrected chi connectivity index (χ0v) is 19.7. The molecule has 2 aromatic carbocycles. The lowest BCUT2D eigenvalue weighted by Gasteiger charge is -2.22. The molecule has 23 heavy (non-hydrogen) atoms. The molecule has 0 aliphatic heterocycles. The molecule has 2 aromatic rings. The summed E-state index contributed by atoms with van der Waals surface area (Å²) in [5.41, 5.74) is 0. The highest BCUT2D eigenvalue weighted by atomic mass is 28.3. The Hall–Kier alpha value is -0.649. The Morgan fingerprint density at radius 2 is 1.17 bits per heavy atom. The highest BCUT2D eigenvalue weighted by Gasteiger charge is 2.19. The number of hydrogen-bond acceptors (Lipinski definition) is 0. The van der Waals surface area contributed by atoms with E-state index in [2.05, 4.69) is 94.8 Å². The van der Waals surface area contributed by atoms with E-state index in [0.717, 1.165) is 0 Å². The minimum atomic E-state index is -0.732. The molecule has 128 valence electrons. The lowest BCUT2D eigenvalue weighted by Crippen LogP contribution is -2.26. The van der Waals surface area contributed by atoms with Gasteiger partial charge in [0, 0.05) is 16.1 Å². The van der Waals surface area contributed by atoms with Crippen molar-refractivity contribution in [2.24, 2.45) is 0 Å². The summed E-state index contributed by atoms with van der Waals surface area (Å²) in [5, 5.41) is 4.41.